The molecule has 0 unspecified atom stereocenters. The quantitative estimate of drug-likeness (QED) is 0.577. The Bertz CT molecular complexity index is 1360. The summed E-state index contributed by atoms with van der Waals surface area (Å²) >= 11 is 0. The van der Waals surface area contributed by atoms with E-state index in [1.807, 2.05) is 18.2 Å². The smallest absolute Gasteiger partial charge is 0.261 e. The average molecular weight is 485 g/mol. The first-order valence-corrected chi connectivity index (χ1v) is 13.7. The number of fused-ring (bicyclic) bond motifs is 1. The molecule has 33 heavy (non-hydrogen) atoms. The van der Waals surface area contributed by atoms with Gasteiger partial charge in [-0.3, -0.25) is 4.72 Å². The van der Waals surface area contributed by atoms with E-state index in [0.717, 1.165) is 16.7 Å². The van der Waals surface area contributed by atoms with E-state index in [2.05, 4.69) is 25.5 Å². The second-order valence-corrected chi connectivity index (χ2v) is 12.9. The fraction of sp³-hybridized carbons (Fsp3) is 0.280. The van der Waals surface area contributed by atoms with E-state index < -0.39 is 20.0 Å². The Morgan fingerprint density at radius 3 is 2.09 bits per heavy atom. The van der Waals surface area contributed by atoms with Gasteiger partial charge in [0.2, 0.25) is 10.0 Å². The van der Waals surface area contributed by atoms with E-state index in [1.165, 1.54) is 4.31 Å². The highest BCUT2D eigenvalue weighted by Crippen LogP contribution is 2.29. The molecule has 0 aliphatic carbocycles. The van der Waals surface area contributed by atoms with Crippen molar-refractivity contribution in [1.29, 1.82) is 0 Å². The van der Waals surface area contributed by atoms with Crippen LogP contribution in [0.4, 0.5) is 5.69 Å². The van der Waals surface area contributed by atoms with Crippen LogP contribution >= 0.6 is 0 Å². The average Bonchev–Trinajstić information content (AvgIpc) is 2.78. The van der Waals surface area contributed by atoms with Crippen molar-refractivity contribution in [2.24, 2.45) is 0 Å². The van der Waals surface area contributed by atoms with Gasteiger partial charge in [-0.05, 0) is 64.9 Å². The topological polar surface area (TPSA) is 83.6 Å². The summed E-state index contributed by atoms with van der Waals surface area (Å²) in [5.41, 5.74) is 3.21. The highest BCUT2D eigenvalue weighted by molar-refractivity contribution is 7.92. The summed E-state index contributed by atoms with van der Waals surface area (Å²) in [4.78, 5) is 0.436. The Hall–Kier alpha value is -2.68. The zero-order chi connectivity index (χ0) is 23.9. The largest absolute Gasteiger partial charge is 0.280 e. The monoisotopic (exact) mass is 484 g/mol. The summed E-state index contributed by atoms with van der Waals surface area (Å²) < 4.78 is 55.9. The fourth-order valence-corrected chi connectivity index (χ4v) is 6.38. The molecular formula is C25H28N2O4S2. The molecule has 3 aromatic carbocycles. The van der Waals surface area contributed by atoms with Gasteiger partial charge < -0.3 is 0 Å². The van der Waals surface area contributed by atoms with E-state index in [9.17, 15) is 16.8 Å². The Kier molecular flexibility index (Phi) is 6.11. The molecule has 0 spiro atoms. The normalized spacial score (nSPS) is 15.1. The summed E-state index contributed by atoms with van der Waals surface area (Å²) in [6, 6.07) is 20.5. The molecule has 0 bridgehead atoms. The van der Waals surface area contributed by atoms with Crippen LogP contribution in [-0.4, -0.2) is 27.7 Å². The van der Waals surface area contributed by atoms with Crippen molar-refractivity contribution in [3.63, 3.8) is 0 Å². The molecule has 0 radical (unpaired) electrons. The van der Waals surface area contributed by atoms with Crippen molar-refractivity contribution in [2.75, 3.05) is 11.3 Å². The molecule has 4 rings (SSSR count). The van der Waals surface area contributed by atoms with E-state index in [-0.39, 0.29) is 21.8 Å². The second-order valence-electron chi connectivity index (χ2n) is 9.27. The van der Waals surface area contributed by atoms with Gasteiger partial charge in [-0.15, -0.1) is 0 Å². The minimum absolute atomic E-state index is 0.0693. The lowest BCUT2D eigenvalue weighted by Gasteiger charge is -2.28. The van der Waals surface area contributed by atoms with Gasteiger partial charge in [0, 0.05) is 18.8 Å². The number of hydrogen-bond donors (Lipinski definition) is 1. The van der Waals surface area contributed by atoms with Crippen LogP contribution in [0.5, 0.6) is 0 Å². The van der Waals surface area contributed by atoms with Crippen LogP contribution in [0.1, 0.15) is 37.5 Å². The molecule has 0 saturated carbocycles. The van der Waals surface area contributed by atoms with Crippen molar-refractivity contribution in [2.45, 2.75) is 48.9 Å². The molecule has 174 valence electrons. The third kappa shape index (κ3) is 4.98. The summed E-state index contributed by atoms with van der Waals surface area (Å²) in [5, 5.41) is 0. The van der Waals surface area contributed by atoms with E-state index in [4.69, 9.17) is 0 Å². The van der Waals surface area contributed by atoms with Gasteiger partial charge in [0.15, 0.2) is 0 Å². The number of sulfonamides is 2. The number of hydrogen-bond acceptors (Lipinski definition) is 4. The number of nitrogens with one attached hydrogen (secondary N) is 1. The minimum atomic E-state index is -3.77. The number of benzene rings is 3. The van der Waals surface area contributed by atoms with Gasteiger partial charge in [0.25, 0.3) is 10.0 Å². The van der Waals surface area contributed by atoms with E-state index >= 15 is 0 Å². The SMILES string of the molecule is CC(C)(C)c1ccc(S(=O)(=O)Nc2ccc3c(c2)CN(S(=O)(=O)c2ccccc2)CC3)cc1. The van der Waals surface area contributed by atoms with Gasteiger partial charge in [0.1, 0.15) is 0 Å². The van der Waals surface area contributed by atoms with Crippen molar-refractivity contribution in [1.82, 2.24) is 4.31 Å². The third-order valence-corrected chi connectivity index (χ3v) is 9.10. The Labute approximate surface area is 196 Å². The van der Waals surface area contributed by atoms with Crippen LogP contribution in [-0.2, 0) is 38.4 Å². The van der Waals surface area contributed by atoms with Gasteiger partial charge in [-0.2, -0.15) is 4.31 Å². The van der Waals surface area contributed by atoms with Crippen LogP contribution in [0.2, 0.25) is 0 Å². The molecule has 0 aromatic heterocycles. The molecule has 1 aliphatic rings. The van der Waals surface area contributed by atoms with Crippen LogP contribution in [0, 0.1) is 0 Å². The lowest BCUT2D eigenvalue weighted by molar-refractivity contribution is 0.391. The maximum absolute atomic E-state index is 13.0. The maximum atomic E-state index is 13.0. The molecule has 1 N–H and O–H groups in total. The summed E-state index contributed by atoms with van der Waals surface area (Å²) in [6.45, 7) is 6.80. The lowest BCUT2D eigenvalue weighted by Crippen LogP contribution is -2.36. The number of nitrogens with zero attached hydrogens (tertiary/aromatic N) is 1. The van der Waals surface area contributed by atoms with Gasteiger partial charge in [-0.1, -0.05) is 57.2 Å². The molecule has 6 nitrogen and oxygen atoms in total. The summed E-state index contributed by atoms with van der Waals surface area (Å²) in [7, 11) is -7.39. The molecule has 0 amide bonds. The van der Waals surface area contributed by atoms with Gasteiger partial charge >= 0.3 is 0 Å². The molecule has 1 aliphatic heterocycles. The molecular weight excluding hydrogens is 456 g/mol. The number of anilines is 1. The predicted octanol–water partition coefficient (Wildman–Crippen LogP) is 4.53. The molecule has 0 saturated heterocycles. The first-order chi connectivity index (χ1) is 15.5. The molecule has 0 fully saturated rings. The van der Waals surface area contributed by atoms with Crippen molar-refractivity contribution < 1.29 is 16.8 Å². The van der Waals surface area contributed by atoms with Crippen LogP contribution in [0.25, 0.3) is 0 Å². The minimum Gasteiger partial charge on any atom is -0.280 e. The van der Waals surface area contributed by atoms with Crippen molar-refractivity contribution in [3.05, 3.63) is 89.5 Å². The van der Waals surface area contributed by atoms with Crippen LogP contribution < -0.4 is 4.72 Å². The standard InChI is InChI=1S/C25H28N2O4S2/c1-25(2,3)21-10-13-23(14-11-21)32(28,29)26-22-12-9-19-15-16-27(18-20(19)17-22)33(30,31)24-7-5-4-6-8-24/h4-14,17,26H,15-16,18H2,1-3H3. The van der Waals surface area contributed by atoms with Gasteiger partial charge in [-0.25, -0.2) is 16.8 Å². The first kappa shape index (κ1) is 23.5. The highest BCUT2D eigenvalue weighted by atomic mass is 32.2. The summed E-state index contributed by atoms with van der Waals surface area (Å²) in [6.07, 6.45) is 0.572. The third-order valence-electron chi connectivity index (χ3n) is 5.85. The Morgan fingerprint density at radius 1 is 0.788 bits per heavy atom. The molecule has 3 aromatic rings. The summed E-state index contributed by atoms with van der Waals surface area (Å²) in [5.74, 6) is 0. The van der Waals surface area contributed by atoms with E-state index in [1.54, 1.807) is 54.6 Å². The van der Waals surface area contributed by atoms with Crippen molar-refractivity contribution >= 4 is 25.7 Å². The number of rotatable bonds is 5. The molecule has 0 atom stereocenters. The van der Waals surface area contributed by atoms with Crippen molar-refractivity contribution in [3.8, 4) is 0 Å². The molecule has 8 heteroatoms. The second kappa shape index (κ2) is 8.59. The van der Waals surface area contributed by atoms with Crippen LogP contribution in [0.3, 0.4) is 0 Å². The maximum Gasteiger partial charge on any atom is 0.261 e. The zero-order valence-corrected chi connectivity index (χ0v) is 20.6. The predicted molar refractivity (Wildman–Crippen MR) is 130 cm³/mol. The highest BCUT2D eigenvalue weighted by Gasteiger charge is 2.28. The Morgan fingerprint density at radius 2 is 1.45 bits per heavy atom. The molecule has 1 heterocycles. The van der Waals surface area contributed by atoms with Crippen LogP contribution in [0.15, 0.2) is 82.6 Å². The van der Waals surface area contributed by atoms with E-state index in [0.29, 0.717) is 18.7 Å². The Balaban J connectivity index is 1.56. The zero-order valence-electron chi connectivity index (χ0n) is 18.9. The van der Waals surface area contributed by atoms with Gasteiger partial charge in [0.05, 0.1) is 9.79 Å². The first-order valence-electron chi connectivity index (χ1n) is 10.8. The lowest BCUT2D eigenvalue weighted by atomic mass is 9.87. The fourth-order valence-electron chi connectivity index (χ4n) is 3.89.